The summed E-state index contributed by atoms with van der Waals surface area (Å²) in [5.74, 6) is -0.143. The Bertz CT molecular complexity index is 666. The van der Waals surface area contributed by atoms with Crippen molar-refractivity contribution in [3.05, 3.63) is 28.8 Å². The van der Waals surface area contributed by atoms with Crippen molar-refractivity contribution in [1.82, 2.24) is 10.0 Å². The molecule has 21 heavy (non-hydrogen) atoms. The molecule has 0 bridgehead atoms. The Hall–Kier alpha value is -1.62. The molecule has 0 aliphatic heterocycles. The van der Waals surface area contributed by atoms with Gasteiger partial charge in [-0.25, -0.2) is 13.1 Å². The second kappa shape index (κ2) is 7.41. The van der Waals surface area contributed by atoms with Gasteiger partial charge >= 0.3 is 0 Å². The normalized spacial score (nSPS) is 11.2. The lowest BCUT2D eigenvalue weighted by Crippen LogP contribution is -2.38. The molecule has 0 aromatic heterocycles. The number of benzene rings is 1. The first-order chi connectivity index (χ1) is 9.76. The number of hydrogen-bond donors (Lipinski definition) is 2. The van der Waals surface area contributed by atoms with Gasteiger partial charge in [0.2, 0.25) is 15.9 Å². The molecule has 0 aliphatic carbocycles. The van der Waals surface area contributed by atoms with Gasteiger partial charge in [0.25, 0.3) is 0 Å². The zero-order valence-corrected chi connectivity index (χ0v) is 13.3. The van der Waals surface area contributed by atoms with Crippen molar-refractivity contribution in [3.63, 3.8) is 0 Å². The Balaban J connectivity index is 2.74. The van der Waals surface area contributed by atoms with E-state index in [1.807, 2.05) is 19.9 Å². The van der Waals surface area contributed by atoms with Crippen LogP contribution in [-0.4, -0.2) is 27.4 Å². The van der Waals surface area contributed by atoms with Crippen molar-refractivity contribution in [2.75, 3.05) is 13.1 Å². The van der Waals surface area contributed by atoms with Crippen LogP contribution in [0.3, 0.4) is 0 Å². The molecule has 6 nitrogen and oxygen atoms in total. The molecule has 1 amide bonds. The maximum Gasteiger partial charge on any atom is 0.242 e. The van der Waals surface area contributed by atoms with Gasteiger partial charge in [0, 0.05) is 6.54 Å². The lowest BCUT2D eigenvalue weighted by atomic mass is 10.2. The Morgan fingerprint density at radius 1 is 1.43 bits per heavy atom. The van der Waals surface area contributed by atoms with Crippen LogP contribution < -0.4 is 10.0 Å². The van der Waals surface area contributed by atoms with Crippen LogP contribution in [-0.2, 0) is 14.8 Å². The Kier molecular flexibility index (Phi) is 6.15. The largest absolute Gasteiger partial charge is 0.355 e. The van der Waals surface area contributed by atoms with E-state index in [1.165, 1.54) is 18.2 Å². The Labute approximate surface area is 129 Å². The van der Waals surface area contributed by atoms with Crippen molar-refractivity contribution in [3.8, 4) is 6.07 Å². The average Bonchev–Trinajstić information content (AvgIpc) is 2.42. The highest BCUT2D eigenvalue weighted by Gasteiger charge is 2.19. The number of amides is 1. The molecule has 1 aromatic carbocycles. The van der Waals surface area contributed by atoms with Crippen LogP contribution in [0.15, 0.2) is 23.1 Å². The number of halogens is 1. The van der Waals surface area contributed by atoms with E-state index < -0.39 is 15.9 Å². The molecule has 0 saturated carbocycles. The second-order valence-electron chi connectivity index (χ2n) is 4.78. The van der Waals surface area contributed by atoms with Crippen LogP contribution in [0.25, 0.3) is 0 Å². The number of sulfonamides is 1. The predicted octanol–water partition coefficient (Wildman–Crippen LogP) is 1.26. The van der Waals surface area contributed by atoms with E-state index in [9.17, 15) is 13.2 Å². The standard InChI is InChI=1S/C13H16ClN3O3S/c1-9(2)7-16-13(18)8-17-21(19,20)12-4-3-10(6-15)5-11(12)14/h3-5,9,17H,7-8H2,1-2H3,(H,16,18). The summed E-state index contributed by atoms with van der Waals surface area (Å²) in [5, 5.41) is 11.2. The van der Waals surface area contributed by atoms with Crippen LogP contribution >= 0.6 is 11.6 Å². The van der Waals surface area contributed by atoms with Crippen LogP contribution in [0.2, 0.25) is 5.02 Å². The Morgan fingerprint density at radius 3 is 2.62 bits per heavy atom. The van der Waals surface area contributed by atoms with Gasteiger partial charge < -0.3 is 5.32 Å². The molecule has 8 heteroatoms. The summed E-state index contributed by atoms with van der Waals surface area (Å²) in [6.45, 7) is 3.96. The average molecular weight is 330 g/mol. The molecule has 0 heterocycles. The monoisotopic (exact) mass is 329 g/mol. The number of nitrogens with zero attached hydrogens (tertiary/aromatic N) is 1. The number of carbonyl (C=O) groups excluding carboxylic acids is 1. The first kappa shape index (κ1) is 17.4. The number of rotatable bonds is 6. The SMILES string of the molecule is CC(C)CNC(=O)CNS(=O)(=O)c1ccc(C#N)cc1Cl. The van der Waals surface area contributed by atoms with Crippen molar-refractivity contribution in [2.24, 2.45) is 5.92 Å². The topological polar surface area (TPSA) is 99.1 Å². The Morgan fingerprint density at radius 2 is 2.10 bits per heavy atom. The molecule has 0 unspecified atom stereocenters. The van der Waals surface area contributed by atoms with E-state index in [0.29, 0.717) is 6.54 Å². The highest BCUT2D eigenvalue weighted by molar-refractivity contribution is 7.89. The highest BCUT2D eigenvalue weighted by atomic mass is 35.5. The molecule has 114 valence electrons. The van der Waals surface area contributed by atoms with Gasteiger partial charge in [-0.05, 0) is 24.1 Å². The van der Waals surface area contributed by atoms with Gasteiger partial charge in [0.15, 0.2) is 0 Å². The summed E-state index contributed by atoms with van der Waals surface area (Å²) < 4.78 is 26.2. The van der Waals surface area contributed by atoms with E-state index in [2.05, 4.69) is 10.0 Å². The number of nitriles is 1. The fourth-order valence-electron chi connectivity index (χ4n) is 1.41. The zero-order chi connectivity index (χ0) is 16.0. The van der Waals surface area contributed by atoms with Crippen LogP contribution in [0.4, 0.5) is 0 Å². The summed E-state index contributed by atoms with van der Waals surface area (Å²) in [6, 6.07) is 5.70. The maximum absolute atomic E-state index is 12.0. The summed E-state index contributed by atoms with van der Waals surface area (Å²) >= 11 is 5.84. The third-order valence-electron chi connectivity index (χ3n) is 2.48. The van der Waals surface area contributed by atoms with E-state index in [0.717, 1.165) is 0 Å². The van der Waals surface area contributed by atoms with Gasteiger partial charge in [0.05, 0.1) is 23.2 Å². The molecule has 0 atom stereocenters. The quantitative estimate of drug-likeness (QED) is 0.820. The number of carbonyl (C=O) groups is 1. The van der Waals surface area contributed by atoms with Gasteiger partial charge in [-0.3, -0.25) is 4.79 Å². The minimum absolute atomic E-state index is 0.0656. The summed E-state index contributed by atoms with van der Waals surface area (Å²) in [6.07, 6.45) is 0. The zero-order valence-electron chi connectivity index (χ0n) is 11.7. The minimum Gasteiger partial charge on any atom is -0.355 e. The smallest absolute Gasteiger partial charge is 0.242 e. The predicted molar refractivity (Wildman–Crippen MR) is 79.2 cm³/mol. The van der Waals surface area contributed by atoms with Gasteiger partial charge in [0.1, 0.15) is 4.90 Å². The molecule has 0 fully saturated rings. The van der Waals surface area contributed by atoms with E-state index >= 15 is 0 Å². The summed E-state index contributed by atoms with van der Waals surface area (Å²) in [4.78, 5) is 11.3. The molecule has 0 radical (unpaired) electrons. The number of nitrogens with one attached hydrogen (secondary N) is 2. The molecular weight excluding hydrogens is 314 g/mol. The van der Waals surface area contributed by atoms with Gasteiger partial charge in [-0.15, -0.1) is 0 Å². The van der Waals surface area contributed by atoms with E-state index in [-0.39, 0.29) is 27.9 Å². The lowest BCUT2D eigenvalue weighted by Gasteiger charge is -2.10. The number of hydrogen-bond acceptors (Lipinski definition) is 4. The van der Waals surface area contributed by atoms with Crippen molar-refractivity contribution >= 4 is 27.5 Å². The van der Waals surface area contributed by atoms with E-state index in [4.69, 9.17) is 16.9 Å². The molecule has 1 aromatic rings. The molecule has 0 spiro atoms. The second-order valence-corrected chi connectivity index (χ2v) is 6.92. The fraction of sp³-hybridized carbons (Fsp3) is 0.385. The van der Waals surface area contributed by atoms with Crippen molar-refractivity contribution in [1.29, 1.82) is 5.26 Å². The van der Waals surface area contributed by atoms with Crippen LogP contribution in [0.1, 0.15) is 19.4 Å². The molecular formula is C13H16ClN3O3S. The fourth-order valence-corrected chi connectivity index (χ4v) is 2.93. The van der Waals surface area contributed by atoms with Gasteiger partial charge in [-0.2, -0.15) is 5.26 Å². The summed E-state index contributed by atoms with van der Waals surface area (Å²) in [7, 11) is -3.90. The minimum atomic E-state index is -3.90. The van der Waals surface area contributed by atoms with Crippen LogP contribution in [0.5, 0.6) is 0 Å². The molecule has 0 saturated heterocycles. The lowest BCUT2D eigenvalue weighted by molar-refractivity contribution is -0.120. The first-order valence-corrected chi connectivity index (χ1v) is 8.08. The van der Waals surface area contributed by atoms with Crippen molar-refractivity contribution in [2.45, 2.75) is 18.7 Å². The van der Waals surface area contributed by atoms with Crippen molar-refractivity contribution < 1.29 is 13.2 Å². The molecule has 2 N–H and O–H groups in total. The highest BCUT2D eigenvalue weighted by Crippen LogP contribution is 2.22. The third-order valence-corrected chi connectivity index (χ3v) is 4.36. The van der Waals surface area contributed by atoms with E-state index in [1.54, 1.807) is 0 Å². The molecule has 1 rings (SSSR count). The first-order valence-electron chi connectivity index (χ1n) is 6.22. The third kappa shape index (κ3) is 5.34. The maximum atomic E-state index is 12.0. The van der Waals surface area contributed by atoms with Gasteiger partial charge in [-0.1, -0.05) is 25.4 Å². The van der Waals surface area contributed by atoms with Crippen LogP contribution in [0, 0.1) is 17.2 Å². The summed E-state index contributed by atoms with van der Waals surface area (Å²) in [5.41, 5.74) is 0.258. The molecule has 0 aliphatic rings.